The molecule has 7 heteroatoms. The van der Waals surface area contributed by atoms with E-state index in [0.29, 0.717) is 24.4 Å². The predicted molar refractivity (Wildman–Crippen MR) is 108 cm³/mol. The van der Waals surface area contributed by atoms with Gasteiger partial charge in [-0.25, -0.2) is 4.79 Å². The third-order valence-electron chi connectivity index (χ3n) is 5.69. The first-order valence-corrected chi connectivity index (χ1v) is 10.3. The van der Waals surface area contributed by atoms with E-state index in [1.54, 1.807) is 31.2 Å². The highest BCUT2D eigenvalue weighted by Crippen LogP contribution is 2.34. The molecule has 2 N–H and O–H groups in total. The van der Waals surface area contributed by atoms with Crippen LogP contribution >= 0.6 is 0 Å². The van der Waals surface area contributed by atoms with Gasteiger partial charge in [-0.1, -0.05) is 25.3 Å². The van der Waals surface area contributed by atoms with Gasteiger partial charge in [0.15, 0.2) is 0 Å². The van der Waals surface area contributed by atoms with Gasteiger partial charge in [0.1, 0.15) is 0 Å². The van der Waals surface area contributed by atoms with E-state index < -0.39 is 6.09 Å². The smallest absolute Gasteiger partial charge is 0.411 e. The number of anilines is 1. The zero-order chi connectivity index (χ0) is 19.8. The predicted octanol–water partition coefficient (Wildman–Crippen LogP) is 3.02. The number of nitrogens with one attached hydrogen (secondary N) is 2. The maximum atomic E-state index is 12.8. The summed E-state index contributed by atoms with van der Waals surface area (Å²) in [5.74, 6) is -0.120. The van der Waals surface area contributed by atoms with Gasteiger partial charge in [0.25, 0.3) is 5.91 Å². The Bertz CT molecular complexity index is 667. The van der Waals surface area contributed by atoms with Gasteiger partial charge in [-0.2, -0.15) is 0 Å². The normalized spacial score (nSPS) is 19.6. The average Bonchev–Trinajstić information content (AvgIpc) is 2.74. The number of amides is 2. The summed E-state index contributed by atoms with van der Waals surface area (Å²) in [6.45, 7) is 6.06. The summed E-state index contributed by atoms with van der Waals surface area (Å²) in [6, 6.07) is 6.93. The van der Waals surface area contributed by atoms with Gasteiger partial charge < -0.3 is 14.8 Å². The molecule has 0 unspecified atom stereocenters. The molecule has 2 amide bonds. The van der Waals surface area contributed by atoms with Crippen molar-refractivity contribution in [3.8, 4) is 0 Å². The first kappa shape index (κ1) is 20.6. The van der Waals surface area contributed by atoms with E-state index in [2.05, 4.69) is 15.5 Å². The van der Waals surface area contributed by atoms with Gasteiger partial charge >= 0.3 is 6.09 Å². The average molecular weight is 389 g/mol. The van der Waals surface area contributed by atoms with Gasteiger partial charge in [-0.05, 0) is 38.0 Å². The lowest BCUT2D eigenvalue weighted by Crippen LogP contribution is -2.59. The second-order valence-electron chi connectivity index (χ2n) is 7.49. The molecule has 0 bridgehead atoms. The van der Waals surface area contributed by atoms with Gasteiger partial charge in [0, 0.05) is 36.4 Å². The van der Waals surface area contributed by atoms with Crippen molar-refractivity contribution in [2.45, 2.75) is 44.6 Å². The van der Waals surface area contributed by atoms with Crippen molar-refractivity contribution in [2.75, 3.05) is 44.8 Å². The summed E-state index contributed by atoms with van der Waals surface area (Å²) in [5.41, 5.74) is 1.10. The number of nitrogens with zero attached hydrogens (tertiary/aromatic N) is 1. The SMILES string of the molecule is CCOC(=O)Nc1cccc(C(=O)NCC2(N3CCOCC3)CCCCC2)c1. The molecule has 0 atom stereocenters. The molecule has 2 aliphatic rings. The van der Waals surface area contributed by atoms with Crippen LogP contribution < -0.4 is 10.6 Å². The molecule has 1 saturated heterocycles. The second kappa shape index (κ2) is 9.89. The van der Waals surface area contributed by atoms with Crippen LogP contribution in [0.5, 0.6) is 0 Å². The van der Waals surface area contributed by atoms with Crippen molar-refractivity contribution in [3.05, 3.63) is 29.8 Å². The number of hydrogen-bond acceptors (Lipinski definition) is 5. The molecule has 154 valence electrons. The lowest BCUT2D eigenvalue weighted by Gasteiger charge is -2.48. The van der Waals surface area contributed by atoms with E-state index in [-0.39, 0.29) is 11.4 Å². The molecular weight excluding hydrogens is 358 g/mol. The van der Waals surface area contributed by atoms with Crippen LogP contribution in [0.3, 0.4) is 0 Å². The molecule has 7 nitrogen and oxygen atoms in total. The third-order valence-corrected chi connectivity index (χ3v) is 5.69. The van der Waals surface area contributed by atoms with E-state index in [0.717, 1.165) is 39.1 Å². The second-order valence-corrected chi connectivity index (χ2v) is 7.49. The standard InChI is InChI=1S/C21H31N3O4/c1-2-28-20(26)23-18-8-6-7-17(15-18)19(25)22-16-21(9-4-3-5-10-21)24-11-13-27-14-12-24/h6-8,15H,2-5,9-14,16H2,1H3,(H,22,25)(H,23,26). The highest BCUT2D eigenvalue weighted by Gasteiger charge is 2.38. The number of carbonyl (C=O) groups excluding carboxylic acids is 2. The van der Waals surface area contributed by atoms with E-state index in [9.17, 15) is 9.59 Å². The number of hydrogen-bond donors (Lipinski definition) is 2. The monoisotopic (exact) mass is 389 g/mol. The van der Waals surface area contributed by atoms with Crippen LogP contribution in [0, 0.1) is 0 Å². The fourth-order valence-electron chi connectivity index (χ4n) is 4.22. The maximum absolute atomic E-state index is 12.8. The van der Waals surface area contributed by atoms with Crippen LogP contribution in [0.15, 0.2) is 24.3 Å². The Kier molecular flexibility index (Phi) is 7.28. The molecule has 28 heavy (non-hydrogen) atoms. The molecule has 3 rings (SSSR count). The Labute approximate surface area is 166 Å². The van der Waals surface area contributed by atoms with Crippen molar-refractivity contribution in [3.63, 3.8) is 0 Å². The van der Waals surface area contributed by atoms with Crippen molar-refractivity contribution >= 4 is 17.7 Å². The number of morpholine rings is 1. The van der Waals surface area contributed by atoms with Crippen LogP contribution in [0.4, 0.5) is 10.5 Å². The van der Waals surface area contributed by atoms with Crippen molar-refractivity contribution < 1.29 is 19.1 Å². The third kappa shape index (κ3) is 5.23. The highest BCUT2D eigenvalue weighted by molar-refractivity contribution is 5.96. The fraction of sp³-hybridized carbons (Fsp3) is 0.619. The molecule has 0 spiro atoms. The Morgan fingerprint density at radius 1 is 1.18 bits per heavy atom. The number of ether oxygens (including phenoxy) is 2. The lowest BCUT2D eigenvalue weighted by molar-refractivity contribution is -0.0361. The molecule has 0 aromatic heterocycles. The molecular formula is C21H31N3O4. The summed E-state index contributed by atoms with van der Waals surface area (Å²) in [6.07, 6.45) is 5.36. The molecule has 1 saturated carbocycles. The van der Waals surface area contributed by atoms with Gasteiger partial charge in [0.05, 0.1) is 19.8 Å². The van der Waals surface area contributed by atoms with Crippen molar-refractivity contribution in [1.82, 2.24) is 10.2 Å². The van der Waals surface area contributed by atoms with Gasteiger partial charge in [0.2, 0.25) is 0 Å². The minimum Gasteiger partial charge on any atom is -0.450 e. The summed E-state index contributed by atoms with van der Waals surface area (Å²) < 4.78 is 10.4. The van der Waals surface area contributed by atoms with Crippen LogP contribution in [0.2, 0.25) is 0 Å². The van der Waals surface area contributed by atoms with Crippen LogP contribution in [0.25, 0.3) is 0 Å². The van der Waals surface area contributed by atoms with Crippen molar-refractivity contribution in [2.24, 2.45) is 0 Å². The molecule has 1 heterocycles. The lowest BCUT2D eigenvalue weighted by atomic mass is 9.79. The Morgan fingerprint density at radius 2 is 1.93 bits per heavy atom. The van der Waals surface area contributed by atoms with E-state index in [1.165, 1.54) is 19.3 Å². The summed E-state index contributed by atoms with van der Waals surface area (Å²) >= 11 is 0. The van der Waals surface area contributed by atoms with Crippen LogP contribution in [-0.2, 0) is 9.47 Å². The highest BCUT2D eigenvalue weighted by atomic mass is 16.5. The van der Waals surface area contributed by atoms with Gasteiger partial charge in [-0.15, -0.1) is 0 Å². The van der Waals surface area contributed by atoms with E-state index in [1.807, 2.05) is 0 Å². The van der Waals surface area contributed by atoms with E-state index >= 15 is 0 Å². The van der Waals surface area contributed by atoms with Gasteiger partial charge in [-0.3, -0.25) is 15.0 Å². The number of carbonyl (C=O) groups is 2. The van der Waals surface area contributed by atoms with Crippen LogP contribution in [0.1, 0.15) is 49.4 Å². The largest absolute Gasteiger partial charge is 0.450 e. The molecule has 2 fully saturated rings. The zero-order valence-corrected chi connectivity index (χ0v) is 16.7. The molecule has 1 aliphatic carbocycles. The number of rotatable bonds is 6. The quantitative estimate of drug-likeness (QED) is 0.782. The minimum absolute atomic E-state index is 0.0263. The molecule has 1 aromatic rings. The molecule has 0 radical (unpaired) electrons. The Hall–Kier alpha value is -2.12. The summed E-state index contributed by atoms with van der Waals surface area (Å²) in [5, 5.41) is 5.79. The number of benzene rings is 1. The maximum Gasteiger partial charge on any atom is 0.411 e. The fourth-order valence-corrected chi connectivity index (χ4v) is 4.22. The van der Waals surface area contributed by atoms with Crippen molar-refractivity contribution in [1.29, 1.82) is 0 Å². The minimum atomic E-state index is -0.520. The Morgan fingerprint density at radius 3 is 2.64 bits per heavy atom. The van der Waals surface area contributed by atoms with E-state index in [4.69, 9.17) is 9.47 Å². The zero-order valence-electron chi connectivity index (χ0n) is 16.7. The molecule has 1 aliphatic heterocycles. The topological polar surface area (TPSA) is 79.9 Å². The summed E-state index contributed by atoms with van der Waals surface area (Å²) in [7, 11) is 0. The first-order chi connectivity index (χ1) is 13.6. The summed E-state index contributed by atoms with van der Waals surface area (Å²) in [4.78, 5) is 26.9. The van der Waals surface area contributed by atoms with Crippen LogP contribution in [-0.4, -0.2) is 61.9 Å². The Balaban J connectivity index is 1.63. The first-order valence-electron chi connectivity index (χ1n) is 10.3. The molecule has 1 aromatic carbocycles.